The van der Waals surface area contributed by atoms with Crippen LogP contribution in [0.3, 0.4) is 0 Å². The molecule has 0 radical (unpaired) electrons. The van der Waals surface area contributed by atoms with E-state index in [2.05, 4.69) is 5.32 Å². The van der Waals surface area contributed by atoms with Crippen molar-refractivity contribution in [1.82, 2.24) is 10.2 Å². The SMILES string of the molecule is CC[C@@H](C)NC(=O)[C@H](C)N(Cc1ccc(F)cc1)C(=O)CCCOc1ccccc1. The molecular weight excluding hydrogens is 383 g/mol. The lowest BCUT2D eigenvalue weighted by atomic mass is 10.1. The van der Waals surface area contributed by atoms with Crippen molar-refractivity contribution in [2.45, 2.75) is 58.7 Å². The summed E-state index contributed by atoms with van der Waals surface area (Å²) < 4.78 is 18.9. The van der Waals surface area contributed by atoms with Crippen molar-refractivity contribution in [2.75, 3.05) is 6.61 Å². The largest absolute Gasteiger partial charge is 0.494 e. The Labute approximate surface area is 178 Å². The van der Waals surface area contributed by atoms with Crippen molar-refractivity contribution in [3.8, 4) is 5.75 Å². The zero-order chi connectivity index (χ0) is 21.9. The Kier molecular flexibility index (Phi) is 9.32. The summed E-state index contributed by atoms with van der Waals surface area (Å²) in [5.74, 6) is 0.0924. The van der Waals surface area contributed by atoms with Crippen LogP contribution in [0.25, 0.3) is 0 Å². The molecule has 0 aromatic heterocycles. The van der Waals surface area contributed by atoms with Crippen LogP contribution in [0.1, 0.15) is 45.6 Å². The maximum absolute atomic E-state index is 13.2. The van der Waals surface area contributed by atoms with Gasteiger partial charge in [-0.1, -0.05) is 37.3 Å². The minimum atomic E-state index is -0.633. The Morgan fingerprint density at radius 1 is 1.07 bits per heavy atom. The van der Waals surface area contributed by atoms with Gasteiger partial charge in [0.05, 0.1) is 6.61 Å². The minimum absolute atomic E-state index is 0.0296. The number of ether oxygens (including phenoxy) is 1. The van der Waals surface area contributed by atoms with Gasteiger partial charge in [-0.15, -0.1) is 0 Å². The fourth-order valence-electron chi connectivity index (χ4n) is 2.91. The van der Waals surface area contributed by atoms with Gasteiger partial charge in [0, 0.05) is 19.0 Å². The van der Waals surface area contributed by atoms with Crippen LogP contribution in [0, 0.1) is 5.82 Å². The summed E-state index contributed by atoms with van der Waals surface area (Å²) in [6.07, 6.45) is 1.60. The van der Waals surface area contributed by atoms with E-state index in [0.717, 1.165) is 17.7 Å². The van der Waals surface area contributed by atoms with Crippen molar-refractivity contribution < 1.29 is 18.7 Å². The monoisotopic (exact) mass is 414 g/mol. The van der Waals surface area contributed by atoms with Crippen molar-refractivity contribution in [1.29, 1.82) is 0 Å². The molecule has 162 valence electrons. The van der Waals surface area contributed by atoms with Gasteiger partial charge in [0.1, 0.15) is 17.6 Å². The highest BCUT2D eigenvalue weighted by Gasteiger charge is 2.26. The van der Waals surface area contributed by atoms with E-state index in [1.807, 2.05) is 44.2 Å². The summed E-state index contributed by atoms with van der Waals surface area (Å²) in [5, 5.41) is 2.93. The van der Waals surface area contributed by atoms with Crippen LogP contribution in [-0.2, 0) is 16.1 Å². The lowest BCUT2D eigenvalue weighted by Crippen LogP contribution is -2.49. The number of halogens is 1. The maximum Gasteiger partial charge on any atom is 0.242 e. The number of carbonyl (C=O) groups excluding carboxylic acids is 2. The van der Waals surface area contributed by atoms with Crippen molar-refractivity contribution in [3.05, 3.63) is 66.0 Å². The van der Waals surface area contributed by atoms with Crippen molar-refractivity contribution in [3.63, 3.8) is 0 Å². The van der Waals surface area contributed by atoms with Gasteiger partial charge in [-0.05, 0) is 56.5 Å². The molecule has 0 fully saturated rings. The van der Waals surface area contributed by atoms with E-state index in [0.29, 0.717) is 13.0 Å². The maximum atomic E-state index is 13.2. The normalized spacial score (nSPS) is 12.7. The lowest BCUT2D eigenvalue weighted by molar-refractivity contribution is -0.141. The van der Waals surface area contributed by atoms with E-state index in [-0.39, 0.29) is 36.6 Å². The van der Waals surface area contributed by atoms with Gasteiger partial charge < -0.3 is 15.0 Å². The van der Waals surface area contributed by atoms with Crippen molar-refractivity contribution >= 4 is 11.8 Å². The molecule has 0 saturated carbocycles. The van der Waals surface area contributed by atoms with E-state index < -0.39 is 6.04 Å². The number of hydrogen-bond donors (Lipinski definition) is 1. The molecule has 5 nitrogen and oxygen atoms in total. The first-order valence-corrected chi connectivity index (χ1v) is 10.4. The number of para-hydroxylation sites is 1. The third-order valence-corrected chi connectivity index (χ3v) is 4.98. The Balaban J connectivity index is 2.00. The number of carbonyl (C=O) groups is 2. The minimum Gasteiger partial charge on any atom is -0.494 e. The summed E-state index contributed by atoms with van der Waals surface area (Å²) in [6, 6.07) is 14.8. The second-order valence-electron chi connectivity index (χ2n) is 7.41. The molecular formula is C24H31FN2O3. The van der Waals surface area contributed by atoms with Crippen LogP contribution >= 0.6 is 0 Å². The lowest BCUT2D eigenvalue weighted by Gasteiger charge is -2.29. The summed E-state index contributed by atoms with van der Waals surface area (Å²) in [7, 11) is 0. The Hall–Kier alpha value is -2.89. The molecule has 0 saturated heterocycles. The average molecular weight is 415 g/mol. The van der Waals surface area contributed by atoms with Gasteiger partial charge in [-0.3, -0.25) is 9.59 Å². The predicted molar refractivity (Wildman–Crippen MR) is 115 cm³/mol. The number of nitrogens with one attached hydrogen (secondary N) is 1. The quantitative estimate of drug-likeness (QED) is 0.557. The second kappa shape index (κ2) is 12.0. The highest BCUT2D eigenvalue weighted by Crippen LogP contribution is 2.14. The molecule has 0 bridgehead atoms. The van der Waals surface area contributed by atoms with Gasteiger partial charge in [0.2, 0.25) is 11.8 Å². The molecule has 2 aromatic rings. The van der Waals surface area contributed by atoms with E-state index in [4.69, 9.17) is 4.74 Å². The molecule has 2 atom stereocenters. The van der Waals surface area contributed by atoms with E-state index in [1.54, 1.807) is 24.0 Å². The molecule has 0 heterocycles. The third-order valence-electron chi connectivity index (χ3n) is 4.98. The Morgan fingerprint density at radius 2 is 1.73 bits per heavy atom. The first-order chi connectivity index (χ1) is 14.4. The second-order valence-corrected chi connectivity index (χ2v) is 7.41. The highest BCUT2D eigenvalue weighted by atomic mass is 19.1. The molecule has 1 N–H and O–H groups in total. The smallest absolute Gasteiger partial charge is 0.242 e. The molecule has 2 aromatic carbocycles. The fraction of sp³-hybridized carbons (Fsp3) is 0.417. The molecule has 6 heteroatoms. The molecule has 0 unspecified atom stereocenters. The zero-order valence-corrected chi connectivity index (χ0v) is 17.9. The van der Waals surface area contributed by atoms with Crippen LogP contribution in [0.15, 0.2) is 54.6 Å². The average Bonchev–Trinajstić information content (AvgIpc) is 2.76. The number of benzene rings is 2. The Bertz CT molecular complexity index is 796. The molecule has 30 heavy (non-hydrogen) atoms. The molecule has 2 amide bonds. The summed E-state index contributed by atoms with van der Waals surface area (Å²) in [6.45, 7) is 6.29. The van der Waals surface area contributed by atoms with Gasteiger partial charge in [0.25, 0.3) is 0 Å². The van der Waals surface area contributed by atoms with Gasteiger partial charge >= 0.3 is 0 Å². The van der Waals surface area contributed by atoms with E-state index >= 15 is 0 Å². The van der Waals surface area contributed by atoms with Crippen LogP contribution < -0.4 is 10.1 Å². The fourth-order valence-corrected chi connectivity index (χ4v) is 2.91. The van der Waals surface area contributed by atoms with Crippen LogP contribution in [-0.4, -0.2) is 35.4 Å². The zero-order valence-electron chi connectivity index (χ0n) is 17.9. The summed E-state index contributed by atoms with van der Waals surface area (Å²) in [4.78, 5) is 27.1. The van der Waals surface area contributed by atoms with Crippen molar-refractivity contribution in [2.24, 2.45) is 0 Å². The summed E-state index contributed by atoms with van der Waals surface area (Å²) >= 11 is 0. The number of hydrogen-bond acceptors (Lipinski definition) is 3. The van der Waals surface area contributed by atoms with Gasteiger partial charge in [0.15, 0.2) is 0 Å². The molecule has 0 aliphatic rings. The third kappa shape index (κ3) is 7.50. The topological polar surface area (TPSA) is 58.6 Å². The van der Waals surface area contributed by atoms with Crippen LogP contribution in [0.2, 0.25) is 0 Å². The number of amides is 2. The predicted octanol–water partition coefficient (Wildman–Crippen LogP) is 4.32. The van der Waals surface area contributed by atoms with E-state index in [9.17, 15) is 14.0 Å². The first-order valence-electron chi connectivity index (χ1n) is 10.4. The molecule has 0 aliphatic heterocycles. The van der Waals surface area contributed by atoms with E-state index in [1.165, 1.54) is 12.1 Å². The first kappa shape index (κ1) is 23.4. The highest BCUT2D eigenvalue weighted by molar-refractivity contribution is 5.87. The van der Waals surface area contributed by atoms with Crippen LogP contribution in [0.5, 0.6) is 5.75 Å². The van der Waals surface area contributed by atoms with Gasteiger partial charge in [-0.25, -0.2) is 4.39 Å². The molecule has 0 spiro atoms. The Morgan fingerprint density at radius 3 is 2.37 bits per heavy atom. The molecule has 2 rings (SSSR count). The number of nitrogens with zero attached hydrogens (tertiary/aromatic N) is 1. The summed E-state index contributed by atoms with van der Waals surface area (Å²) in [5.41, 5.74) is 0.772. The van der Waals surface area contributed by atoms with Gasteiger partial charge in [-0.2, -0.15) is 0 Å². The molecule has 0 aliphatic carbocycles. The number of rotatable bonds is 11. The van der Waals surface area contributed by atoms with Crippen LogP contribution in [0.4, 0.5) is 4.39 Å². The standard InChI is InChI=1S/C24H31FN2O3/c1-4-18(2)26-24(29)19(3)27(17-20-12-14-21(25)15-13-20)23(28)11-8-16-30-22-9-6-5-7-10-22/h5-7,9-10,12-15,18-19H,4,8,11,16-17H2,1-3H3,(H,26,29)/t18-,19+/m1/s1.